The first-order valence-electron chi connectivity index (χ1n) is 9.25. The molecule has 1 N–H and O–H groups in total. The monoisotopic (exact) mass is 354 g/mol. The number of ether oxygens (including phenoxy) is 1. The Bertz CT molecular complexity index is 722. The lowest BCUT2D eigenvalue weighted by Gasteiger charge is -2.10. The van der Waals surface area contributed by atoms with Crippen LogP contribution < -0.4 is 4.74 Å². The molecule has 0 heterocycles. The van der Waals surface area contributed by atoms with Gasteiger partial charge in [-0.05, 0) is 35.7 Å². The Balaban J connectivity index is 1.97. The summed E-state index contributed by atoms with van der Waals surface area (Å²) in [6.45, 7) is 2.17. The van der Waals surface area contributed by atoms with Gasteiger partial charge in [0.15, 0.2) is 0 Å². The van der Waals surface area contributed by atoms with Gasteiger partial charge in [-0.3, -0.25) is 4.79 Å². The van der Waals surface area contributed by atoms with Crippen molar-refractivity contribution in [2.45, 2.75) is 51.9 Å². The van der Waals surface area contributed by atoms with Crippen LogP contribution in [0.25, 0.3) is 11.1 Å². The molecule has 0 spiro atoms. The van der Waals surface area contributed by atoms with Gasteiger partial charge in [0.2, 0.25) is 0 Å². The first-order chi connectivity index (χ1) is 12.6. The lowest BCUT2D eigenvalue weighted by atomic mass is 9.99. The predicted molar refractivity (Wildman–Crippen MR) is 102 cm³/mol. The molecule has 0 aromatic heterocycles. The number of hydrogen-bond donors (Lipinski definition) is 1. The summed E-state index contributed by atoms with van der Waals surface area (Å²) in [5, 5.41) is 9.49. The summed E-state index contributed by atoms with van der Waals surface area (Å²) < 4.78 is 5.32. The molecule has 0 bridgehead atoms. The van der Waals surface area contributed by atoms with Gasteiger partial charge in [-0.2, -0.15) is 0 Å². The summed E-state index contributed by atoms with van der Waals surface area (Å²) in [7, 11) is 0. The van der Waals surface area contributed by atoms with Gasteiger partial charge in [-0.15, -0.1) is 0 Å². The van der Waals surface area contributed by atoms with E-state index in [0.29, 0.717) is 12.0 Å². The summed E-state index contributed by atoms with van der Waals surface area (Å²) >= 11 is 0. The van der Waals surface area contributed by atoms with Crippen LogP contribution >= 0.6 is 0 Å². The molecule has 0 aliphatic carbocycles. The fourth-order valence-corrected chi connectivity index (χ4v) is 2.87. The van der Waals surface area contributed by atoms with Crippen molar-refractivity contribution in [1.82, 2.24) is 0 Å². The highest BCUT2D eigenvalue weighted by atomic mass is 16.5. The van der Waals surface area contributed by atoms with Crippen LogP contribution in [0.2, 0.25) is 0 Å². The number of hydrogen-bond acceptors (Lipinski definition) is 3. The zero-order chi connectivity index (χ0) is 18.8. The summed E-state index contributed by atoms with van der Waals surface area (Å²) in [6.07, 6.45) is 6.95. The second-order valence-corrected chi connectivity index (χ2v) is 6.37. The highest BCUT2D eigenvalue weighted by molar-refractivity contribution is 5.96. The van der Waals surface area contributed by atoms with Crippen LogP contribution in [0.5, 0.6) is 5.75 Å². The SMILES string of the molecule is CCCCCCCCC(=O)Oc1ccc(-c2ccccc2)c(C(=O)O)c1. The molecule has 138 valence electrons. The molecular formula is C22H26O4. The third kappa shape index (κ3) is 6.03. The summed E-state index contributed by atoms with van der Waals surface area (Å²) in [6, 6.07) is 14.1. The van der Waals surface area contributed by atoms with Gasteiger partial charge in [0, 0.05) is 6.42 Å². The molecule has 0 atom stereocenters. The minimum absolute atomic E-state index is 0.126. The van der Waals surface area contributed by atoms with Crippen molar-refractivity contribution in [3.05, 3.63) is 54.1 Å². The fourth-order valence-electron chi connectivity index (χ4n) is 2.87. The Kier molecular flexibility index (Phi) is 7.87. The molecule has 2 aromatic rings. The van der Waals surface area contributed by atoms with Crippen LogP contribution in [0.4, 0.5) is 0 Å². The quantitative estimate of drug-likeness (QED) is 0.337. The Hall–Kier alpha value is -2.62. The largest absolute Gasteiger partial charge is 0.478 e. The number of benzene rings is 2. The van der Waals surface area contributed by atoms with E-state index in [-0.39, 0.29) is 17.3 Å². The maximum Gasteiger partial charge on any atom is 0.336 e. The van der Waals surface area contributed by atoms with E-state index in [9.17, 15) is 14.7 Å². The number of esters is 1. The second-order valence-electron chi connectivity index (χ2n) is 6.37. The van der Waals surface area contributed by atoms with Gasteiger partial charge < -0.3 is 9.84 Å². The molecule has 0 unspecified atom stereocenters. The minimum atomic E-state index is -1.04. The van der Waals surface area contributed by atoms with Gasteiger partial charge in [0.1, 0.15) is 5.75 Å². The van der Waals surface area contributed by atoms with Crippen LogP contribution in [0.1, 0.15) is 62.2 Å². The third-order valence-corrected chi connectivity index (χ3v) is 4.27. The van der Waals surface area contributed by atoms with Crippen LogP contribution in [0, 0.1) is 0 Å². The summed E-state index contributed by atoms with van der Waals surface area (Å²) in [5.41, 5.74) is 1.55. The smallest absolute Gasteiger partial charge is 0.336 e. The van der Waals surface area contributed by atoms with E-state index in [2.05, 4.69) is 6.92 Å². The second kappa shape index (κ2) is 10.4. The molecule has 0 saturated heterocycles. The van der Waals surface area contributed by atoms with Gasteiger partial charge >= 0.3 is 11.9 Å². The molecule has 26 heavy (non-hydrogen) atoms. The number of carboxylic acids is 1. The molecule has 0 saturated carbocycles. The Morgan fingerprint density at radius 2 is 1.62 bits per heavy atom. The van der Waals surface area contributed by atoms with Crippen LogP contribution in [0.15, 0.2) is 48.5 Å². The average Bonchev–Trinajstić information content (AvgIpc) is 2.65. The highest BCUT2D eigenvalue weighted by Crippen LogP contribution is 2.27. The molecule has 4 nitrogen and oxygen atoms in total. The van der Waals surface area contributed by atoms with Crippen molar-refractivity contribution < 1.29 is 19.4 Å². The van der Waals surface area contributed by atoms with Crippen LogP contribution in [-0.4, -0.2) is 17.0 Å². The number of carbonyl (C=O) groups is 2. The molecule has 0 fully saturated rings. The van der Waals surface area contributed by atoms with Crippen molar-refractivity contribution in [3.8, 4) is 16.9 Å². The van der Waals surface area contributed by atoms with Gasteiger partial charge in [0.05, 0.1) is 5.56 Å². The first kappa shape index (κ1) is 19.7. The van der Waals surface area contributed by atoms with E-state index in [1.54, 1.807) is 12.1 Å². The maximum atomic E-state index is 12.0. The van der Waals surface area contributed by atoms with E-state index < -0.39 is 5.97 Å². The van der Waals surface area contributed by atoms with Crippen LogP contribution in [0.3, 0.4) is 0 Å². The Morgan fingerprint density at radius 3 is 2.31 bits per heavy atom. The number of unbranched alkanes of at least 4 members (excludes halogenated alkanes) is 5. The Morgan fingerprint density at radius 1 is 0.923 bits per heavy atom. The topological polar surface area (TPSA) is 63.6 Å². The molecular weight excluding hydrogens is 328 g/mol. The molecule has 0 aliphatic heterocycles. The zero-order valence-corrected chi connectivity index (χ0v) is 15.2. The zero-order valence-electron chi connectivity index (χ0n) is 15.2. The van der Waals surface area contributed by atoms with Gasteiger partial charge in [-0.25, -0.2) is 4.79 Å². The number of carboxylic acid groups (broad SMARTS) is 1. The van der Waals surface area contributed by atoms with E-state index in [4.69, 9.17) is 4.74 Å². The molecule has 2 aromatic carbocycles. The van der Waals surface area contributed by atoms with E-state index in [1.165, 1.54) is 25.3 Å². The fraction of sp³-hybridized carbons (Fsp3) is 0.364. The van der Waals surface area contributed by atoms with E-state index >= 15 is 0 Å². The average molecular weight is 354 g/mol. The molecule has 0 radical (unpaired) electrons. The van der Waals surface area contributed by atoms with Crippen molar-refractivity contribution in [1.29, 1.82) is 0 Å². The standard InChI is InChI=1S/C22H26O4/c1-2-3-4-5-6-10-13-21(23)26-18-14-15-19(20(16-18)22(24)25)17-11-8-7-9-12-17/h7-9,11-12,14-16H,2-6,10,13H2,1H3,(H,24,25). The maximum absolute atomic E-state index is 12.0. The normalized spacial score (nSPS) is 10.5. The molecule has 0 amide bonds. The van der Waals surface area contributed by atoms with Crippen molar-refractivity contribution in [2.75, 3.05) is 0 Å². The Labute approximate surface area is 154 Å². The number of rotatable bonds is 10. The molecule has 4 heteroatoms. The van der Waals surface area contributed by atoms with Crippen molar-refractivity contribution in [2.24, 2.45) is 0 Å². The first-order valence-corrected chi connectivity index (χ1v) is 9.25. The van der Waals surface area contributed by atoms with Crippen molar-refractivity contribution >= 4 is 11.9 Å². The summed E-state index contributed by atoms with van der Waals surface area (Å²) in [4.78, 5) is 23.6. The van der Waals surface area contributed by atoms with E-state index in [1.807, 2.05) is 30.3 Å². The van der Waals surface area contributed by atoms with E-state index in [0.717, 1.165) is 24.8 Å². The molecule has 0 aliphatic rings. The predicted octanol–water partition coefficient (Wildman–Crippen LogP) is 5.71. The highest BCUT2D eigenvalue weighted by Gasteiger charge is 2.14. The van der Waals surface area contributed by atoms with Crippen LogP contribution in [-0.2, 0) is 4.79 Å². The van der Waals surface area contributed by atoms with Gasteiger partial charge in [0.25, 0.3) is 0 Å². The lowest BCUT2D eigenvalue weighted by molar-refractivity contribution is -0.134. The molecule has 2 rings (SSSR count). The number of aromatic carboxylic acids is 1. The van der Waals surface area contributed by atoms with Crippen molar-refractivity contribution in [3.63, 3.8) is 0 Å². The third-order valence-electron chi connectivity index (χ3n) is 4.27. The summed E-state index contributed by atoms with van der Waals surface area (Å²) in [5.74, 6) is -1.08. The van der Waals surface area contributed by atoms with Gasteiger partial charge in [-0.1, -0.05) is 69.4 Å². The number of carbonyl (C=O) groups excluding carboxylic acids is 1. The minimum Gasteiger partial charge on any atom is -0.478 e. The lowest BCUT2D eigenvalue weighted by Crippen LogP contribution is -2.09.